The second-order valence-corrected chi connectivity index (χ2v) is 4.64. The molecule has 0 saturated heterocycles. The number of halogens is 1. The van der Waals surface area contributed by atoms with E-state index >= 15 is 0 Å². The molecule has 5 heteroatoms. The summed E-state index contributed by atoms with van der Waals surface area (Å²) in [7, 11) is 0. The van der Waals surface area contributed by atoms with E-state index in [1.54, 1.807) is 0 Å². The normalized spacial score (nSPS) is 12.2. The fraction of sp³-hybridized carbons (Fsp3) is 0.462. The minimum absolute atomic E-state index is 0.262. The van der Waals surface area contributed by atoms with Crippen LogP contribution in [0.5, 0.6) is 5.75 Å². The highest BCUT2D eigenvalue weighted by molar-refractivity contribution is 6.32. The van der Waals surface area contributed by atoms with Crippen molar-refractivity contribution in [3.05, 3.63) is 28.3 Å². The lowest BCUT2D eigenvalue weighted by Gasteiger charge is -2.11. The Kier molecular flexibility index (Phi) is 5.44. The molecule has 0 aliphatic heterocycles. The molecule has 0 saturated carbocycles. The summed E-state index contributed by atoms with van der Waals surface area (Å²) in [6.45, 7) is 4.05. The zero-order valence-corrected chi connectivity index (χ0v) is 11.2. The van der Waals surface area contributed by atoms with Crippen LogP contribution < -0.4 is 4.74 Å². The summed E-state index contributed by atoms with van der Waals surface area (Å²) in [6, 6.07) is 3.64. The van der Waals surface area contributed by atoms with Crippen LogP contribution in [0.15, 0.2) is 12.1 Å². The van der Waals surface area contributed by atoms with Crippen LogP contribution in [-0.4, -0.2) is 28.9 Å². The Morgan fingerprint density at radius 3 is 2.44 bits per heavy atom. The summed E-state index contributed by atoms with van der Waals surface area (Å²) >= 11 is 6.03. The van der Waals surface area contributed by atoms with Crippen molar-refractivity contribution in [2.24, 2.45) is 0 Å². The van der Waals surface area contributed by atoms with Gasteiger partial charge in [0.25, 0.3) is 0 Å². The maximum absolute atomic E-state index is 10.4. The Labute approximate surface area is 111 Å². The van der Waals surface area contributed by atoms with Crippen LogP contribution in [0.3, 0.4) is 0 Å². The average Bonchev–Trinajstić information content (AvgIpc) is 2.24. The van der Waals surface area contributed by atoms with E-state index in [0.717, 1.165) is 11.1 Å². The minimum atomic E-state index is -1.01. The van der Waals surface area contributed by atoms with Crippen LogP contribution in [0.1, 0.15) is 24.0 Å². The molecule has 0 amide bonds. The number of rotatable bonds is 6. The first-order valence-electron chi connectivity index (χ1n) is 5.69. The third-order valence-electron chi connectivity index (χ3n) is 2.54. The molecule has 0 aromatic heterocycles. The number of carboxylic acid groups (broad SMARTS) is 1. The maximum atomic E-state index is 10.4. The molecule has 0 heterocycles. The van der Waals surface area contributed by atoms with Crippen molar-refractivity contribution in [3.63, 3.8) is 0 Å². The zero-order chi connectivity index (χ0) is 13.7. The van der Waals surface area contributed by atoms with E-state index < -0.39 is 12.1 Å². The largest absolute Gasteiger partial charge is 0.493 e. The number of aliphatic hydroxyl groups excluding tert-OH is 1. The number of aliphatic hydroxyl groups is 1. The van der Waals surface area contributed by atoms with Gasteiger partial charge in [-0.3, -0.25) is 4.79 Å². The Morgan fingerprint density at radius 2 is 1.94 bits per heavy atom. The van der Waals surface area contributed by atoms with Gasteiger partial charge in [0.1, 0.15) is 5.75 Å². The molecule has 2 N–H and O–H groups in total. The van der Waals surface area contributed by atoms with Gasteiger partial charge < -0.3 is 14.9 Å². The fourth-order valence-corrected chi connectivity index (χ4v) is 1.72. The molecular formula is C13H17ClO4. The van der Waals surface area contributed by atoms with Crippen molar-refractivity contribution >= 4 is 17.6 Å². The van der Waals surface area contributed by atoms with Gasteiger partial charge in [0.2, 0.25) is 0 Å². The van der Waals surface area contributed by atoms with Crippen LogP contribution in [0, 0.1) is 13.8 Å². The molecule has 1 aromatic rings. The molecule has 1 atom stereocenters. The smallest absolute Gasteiger partial charge is 0.305 e. The summed E-state index contributed by atoms with van der Waals surface area (Å²) in [4.78, 5) is 10.4. The Bertz CT molecular complexity index is 408. The number of hydrogen-bond acceptors (Lipinski definition) is 3. The topological polar surface area (TPSA) is 66.8 Å². The number of benzene rings is 1. The molecule has 0 aliphatic rings. The highest BCUT2D eigenvalue weighted by Gasteiger charge is 2.10. The monoisotopic (exact) mass is 272 g/mol. The van der Waals surface area contributed by atoms with E-state index in [2.05, 4.69) is 0 Å². The molecule has 0 spiro atoms. The number of carboxylic acids is 1. The van der Waals surface area contributed by atoms with E-state index in [4.69, 9.17) is 21.4 Å². The first kappa shape index (κ1) is 14.8. The third-order valence-corrected chi connectivity index (χ3v) is 3.14. The van der Waals surface area contributed by atoms with Crippen molar-refractivity contribution in [3.8, 4) is 5.75 Å². The molecule has 1 aromatic carbocycles. The van der Waals surface area contributed by atoms with Crippen LogP contribution in [-0.2, 0) is 4.79 Å². The van der Waals surface area contributed by atoms with E-state index in [9.17, 15) is 9.90 Å². The SMILES string of the molecule is Cc1cc(OCCC(O)CC(=O)O)cc(C)c1Cl. The maximum Gasteiger partial charge on any atom is 0.305 e. The molecule has 4 nitrogen and oxygen atoms in total. The van der Waals surface area contributed by atoms with Crippen LogP contribution in [0.4, 0.5) is 0 Å². The Morgan fingerprint density at radius 1 is 1.39 bits per heavy atom. The van der Waals surface area contributed by atoms with Crippen molar-refractivity contribution in [1.29, 1.82) is 0 Å². The number of carbonyl (C=O) groups is 1. The molecule has 18 heavy (non-hydrogen) atoms. The first-order valence-corrected chi connectivity index (χ1v) is 6.07. The summed E-state index contributed by atoms with van der Waals surface area (Å²) in [5.41, 5.74) is 1.86. The second kappa shape index (κ2) is 6.61. The molecule has 0 bridgehead atoms. The van der Waals surface area contributed by atoms with E-state index in [1.165, 1.54) is 0 Å². The summed E-state index contributed by atoms with van der Waals surface area (Å²) < 4.78 is 5.46. The predicted molar refractivity (Wildman–Crippen MR) is 69.3 cm³/mol. The number of hydrogen-bond donors (Lipinski definition) is 2. The molecule has 0 radical (unpaired) electrons. The van der Waals surface area contributed by atoms with E-state index in [1.807, 2.05) is 26.0 Å². The van der Waals surface area contributed by atoms with Crippen LogP contribution in [0.25, 0.3) is 0 Å². The number of ether oxygens (including phenoxy) is 1. The van der Waals surface area contributed by atoms with E-state index in [0.29, 0.717) is 10.8 Å². The molecule has 1 unspecified atom stereocenters. The summed E-state index contributed by atoms with van der Waals surface area (Å²) in [5, 5.41) is 18.6. The summed E-state index contributed by atoms with van der Waals surface area (Å²) in [6.07, 6.45) is -0.855. The standard InChI is InChI=1S/C13H17ClO4/c1-8-5-11(6-9(2)13(8)14)18-4-3-10(15)7-12(16)17/h5-6,10,15H,3-4,7H2,1-2H3,(H,16,17). The van der Waals surface area contributed by atoms with Gasteiger partial charge in [-0.1, -0.05) is 11.6 Å². The number of aryl methyl sites for hydroxylation is 2. The lowest BCUT2D eigenvalue weighted by Crippen LogP contribution is -2.16. The highest BCUT2D eigenvalue weighted by atomic mass is 35.5. The zero-order valence-electron chi connectivity index (χ0n) is 10.4. The van der Waals surface area contributed by atoms with Crippen molar-refractivity contribution in [2.45, 2.75) is 32.8 Å². The fourth-order valence-electron chi connectivity index (χ4n) is 1.61. The van der Waals surface area contributed by atoms with Gasteiger partial charge in [0.05, 0.1) is 19.1 Å². The van der Waals surface area contributed by atoms with Gasteiger partial charge in [0.15, 0.2) is 0 Å². The van der Waals surface area contributed by atoms with Gasteiger partial charge in [-0.25, -0.2) is 0 Å². The third kappa shape index (κ3) is 4.55. The minimum Gasteiger partial charge on any atom is -0.493 e. The molecule has 1 rings (SSSR count). The van der Waals surface area contributed by atoms with Gasteiger partial charge >= 0.3 is 5.97 Å². The Hall–Kier alpha value is -1.26. The van der Waals surface area contributed by atoms with Gasteiger partial charge in [-0.15, -0.1) is 0 Å². The molecule has 0 fully saturated rings. The van der Waals surface area contributed by atoms with Crippen LogP contribution in [0.2, 0.25) is 5.02 Å². The summed E-state index contributed by atoms with van der Waals surface area (Å²) in [5.74, 6) is -0.336. The lowest BCUT2D eigenvalue weighted by atomic mass is 10.1. The Balaban J connectivity index is 2.47. The van der Waals surface area contributed by atoms with Gasteiger partial charge in [-0.05, 0) is 37.1 Å². The molecule has 0 aliphatic carbocycles. The van der Waals surface area contributed by atoms with Crippen molar-refractivity contribution in [2.75, 3.05) is 6.61 Å². The van der Waals surface area contributed by atoms with Crippen LogP contribution >= 0.6 is 11.6 Å². The average molecular weight is 273 g/mol. The lowest BCUT2D eigenvalue weighted by molar-refractivity contribution is -0.139. The molecular weight excluding hydrogens is 256 g/mol. The quantitative estimate of drug-likeness (QED) is 0.835. The number of aliphatic carboxylic acids is 1. The highest BCUT2D eigenvalue weighted by Crippen LogP contribution is 2.25. The second-order valence-electron chi connectivity index (χ2n) is 4.26. The van der Waals surface area contributed by atoms with Crippen molar-refractivity contribution in [1.82, 2.24) is 0 Å². The van der Waals surface area contributed by atoms with Gasteiger partial charge in [-0.2, -0.15) is 0 Å². The van der Waals surface area contributed by atoms with Gasteiger partial charge in [0, 0.05) is 11.4 Å². The molecule has 100 valence electrons. The van der Waals surface area contributed by atoms with E-state index in [-0.39, 0.29) is 19.4 Å². The predicted octanol–water partition coefficient (Wildman–Crippen LogP) is 2.56. The van der Waals surface area contributed by atoms with Crippen molar-refractivity contribution < 1.29 is 19.7 Å². The first-order chi connectivity index (χ1) is 8.40.